The molecule has 0 aromatic heterocycles. The minimum atomic E-state index is -1.08. The van der Waals surface area contributed by atoms with E-state index < -0.39 is 30.1 Å². The summed E-state index contributed by atoms with van der Waals surface area (Å²) < 4.78 is 11.7. The Balaban J connectivity index is 1.57. The standard InChI is InChI=1S/C27H34N2O7/c1-35-21-11-16(14-31)10-18-22-19(26(33)28-8-9-30)12-20(23(32)25(22)36-24(18)21)29(13-15-6-7-15)27(34)17-4-2-3-5-17/h10-12,14-15,17,20,22-23,25,30,32H,2-9,13H2,1H3,(H,28,33). The smallest absolute Gasteiger partial charge is 0.247 e. The molecule has 1 aromatic carbocycles. The van der Waals surface area contributed by atoms with Crippen molar-refractivity contribution < 1.29 is 34.1 Å². The molecule has 2 fully saturated rings. The van der Waals surface area contributed by atoms with Crippen LogP contribution in [0.25, 0.3) is 0 Å². The minimum Gasteiger partial charge on any atom is -0.493 e. The van der Waals surface area contributed by atoms with Crippen molar-refractivity contribution in [2.75, 3.05) is 26.8 Å². The number of aldehydes is 1. The number of amides is 2. The third-order valence-electron chi connectivity index (χ3n) is 7.91. The van der Waals surface area contributed by atoms with Crippen molar-refractivity contribution in [2.45, 2.75) is 62.7 Å². The van der Waals surface area contributed by atoms with Crippen LogP contribution < -0.4 is 14.8 Å². The molecule has 1 heterocycles. The van der Waals surface area contributed by atoms with E-state index in [9.17, 15) is 24.6 Å². The summed E-state index contributed by atoms with van der Waals surface area (Å²) in [6.45, 7) is 0.393. The number of nitrogens with zero attached hydrogens (tertiary/aromatic N) is 1. The van der Waals surface area contributed by atoms with Gasteiger partial charge in [-0.15, -0.1) is 0 Å². The first-order chi connectivity index (χ1) is 17.5. The molecule has 4 unspecified atom stereocenters. The molecule has 36 heavy (non-hydrogen) atoms. The van der Waals surface area contributed by atoms with Gasteiger partial charge in [0, 0.05) is 35.7 Å². The molecular formula is C27H34N2O7. The van der Waals surface area contributed by atoms with E-state index in [1.54, 1.807) is 23.1 Å². The highest BCUT2D eigenvalue weighted by atomic mass is 16.5. The molecule has 0 spiro atoms. The zero-order chi connectivity index (χ0) is 25.4. The fourth-order valence-corrected chi connectivity index (χ4v) is 5.90. The summed E-state index contributed by atoms with van der Waals surface area (Å²) in [6, 6.07) is 2.49. The Hall–Kier alpha value is -2.91. The molecule has 3 N–H and O–H groups in total. The van der Waals surface area contributed by atoms with Gasteiger partial charge in [0.2, 0.25) is 11.8 Å². The van der Waals surface area contributed by atoms with Crippen molar-refractivity contribution in [3.63, 3.8) is 0 Å². The summed E-state index contributed by atoms with van der Waals surface area (Å²) in [4.78, 5) is 40.3. The van der Waals surface area contributed by atoms with Crippen LogP contribution in [0.4, 0.5) is 0 Å². The highest BCUT2D eigenvalue weighted by Gasteiger charge is 2.52. The average molecular weight is 499 g/mol. The lowest BCUT2D eigenvalue weighted by molar-refractivity contribution is -0.141. The van der Waals surface area contributed by atoms with Gasteiger partial charge in [-0.25, -0.2) is 0 Å². The van der Waals surface area contributed by atoms with Gasteiger partial charge in [-0.3, -0.25) is 14.4 Å². The number of hydrogen-bond acceptors (Lipinski definition) is 7. The van der Waals surface area contributed by atoms with E-state index in [0.29, 0.717) is 46.9 Å². The third-order valence-corrected chi connectivity index (χ3v) is 7.91. The zero-order valence-corrected chi connectivity index (χ0v) is 20.5. The van der Waals surface area contributed by atoms with Gasteiger partial charge in [0.1, 0.15) is 18.5 Å². The van der Waals surface area contributed by atoms with Crippen LogP contribution >= 0.6 is 0 Å². The highest BCUT2D eigenvalue weighted by Crippen LogP contribution is 2.51. The molecule has 2 saturated carbocycles. The molecule has 4 aliphatic rings. The first-order valence-corrected chi connectivity index (χ1v) is 12.9. The van der Waals surface area contributed by atoms with E-state index in [1.165, 1.54) is 7.11 Å². The molecule has 1 aliphatic heterocycles. The molecule has 0 saturated heterocycles. The number of aliphatic hydroxyl groups is 2. The second kappa shape index (κ2) is 10.2. The van der Waals surface area contributed by atoms with Crippen LogP contribution in [0.3, 0.4) is 0 Å². The van der Waals surface area contributed by atoms with E-state index in [4.69, 9.17) is 9.47 Å². The predicted molar refractivity (Wildman–Crippen MR) is 130 cm³/mol. The molecule has 194 valence electrons. The molecular weight excluding hydrogens is 464 g/mol. The van der Waals surface area contributed by atoms with Crippen LogP contribution in [-0.2, 0) is 9.59 Å². The molecule has 4 atom stereocenters. The number of methoxy groups -OCH3 is 1. The van der Waals surface area contributed by atoms with E-state index in [1.807, 2.05) is 0 Å². The number of carbonyl (C=O) groups excluding carboxylic acids is 3. The van der Waals surface area contributed by atoms with Crippen molar-refractivity contribution in [1.29, 1.82) is 0 Å². The van der Waals surface area contributed by atoms with Gasteiger partial charge in [0.15, 0.2) is 11.5 Å². The van der Waals surface area contributed by atoms with E-state index in [-0.39, 0.29) is 25.0 Å². The second-order valence-electron chi connectivity index (χ2n) is 10.3. The van der Waals surface area contributed by atoms with Crippen molar-refractivity contribution in [3.8, 4) is 11.5 Å². The maximum atomic E-state index is 13.6. The normalized spacial score (nSPS) is 26.9. The maximum Gasteiger partial charge on any atom is 0.247 e. The van der Waals surface area contributed by atoms with E-state index in [2.05, 4.69) is 5.32 Å². The Bertz CT molecular complexity index is 1060. The summed E-state index contributed by atoms with van der Waals surface area (Å²) >= 11 is 0. The topological polar surface area (TPSA) is 125 Å². The molecule has 0 radical (unpaired) electrons. The first kappa shape index (κ1) is 24.8. The van der Waals surface area contributed by atoms with Gasteiger partial charge in [-0.2, -0.15) is 0 Å². The van der Waals surface area contributed by atoms with Gasteiger partial charge in [-0.1, -0.05) is 12.8 Å². The number of benzene rings is 1. The van der Waals surface area contributed by atoms with Gasteiger partial charge >= 0.3 is 0 Å². The lowest BCUT2D eigenvalue weighted by Crippen LogP contribution is -2.57. The number of carbonyl (C=O) groups is 3. The van der Waals surface area contributed by atoms with Crippen molar-refractivity contribution in [3.05, 3.63) is 34.9 Å². The monoisotopic (exact) mass is 498 g/mol. The summed E-state index contributed by atoms with van der Waals surface area (Å²) in [5.74, 6) is 0.0486. The van der Waals surface area contributed by atoms with Gasteiger partial charge in [0.25, 0.3) is 0 Å². The lowest BCUT2D eigenvalue weighted by atomic mass is 9.77. The Morgan fingerprint density at radius 3 is 2.61 bits per heavy atom. The summed E-state index contributed by atoms with van der Waals surface area (Å²) in [6.07, 6.45) is 6.31. The fraction of sp³-hybridized carbons (Fsp3) is 0.593. The van der Waals surface area contributed by atoms with E-state index in [0.717, 1.165) is 38.5 Å². The number of hydrogen-bond donors (Lipinski definition) is 3. The van der Waals surface area contributed by atoms with Gasteiger partial charge in [-0.05, 0) is 49.8 Å². The van der Waals surface area contributed by atoms with Gasteiger partial charge < -0.3 is 29.9 Å². The number of aliphatic hydroxyl groups excluding tert-OH is 2. The fourth-order valence-electron chi connectivity index (χ4n) is 5.90. The lowest BCUT2D eigenvalue weighted by Gasteiger charge is -2.41. The maximum absolute atomic E-state index is 13.6. The largest absolute Gasteiger partial charge is 0.493 e. The molecule has 2 amide bonds. The Morgan fingerprint density at radius 2 is 1.97 bits per heavy atom. The van der Waals surface area contributed by atoms with Gasteiger partial charge in [0.05, 0.1) is 25.7 Å². The SMILES string of the molecule is COc1cc(C=O)cc2c1OC1C2C(C(=O)NCCO)=CC(N(CC2CC2)C(=O)C2CCCC2)C1O. The summed E-state index contributed by atoms with van der Waals surface area (Å²) in [5, 5.41) is 23.6. The molecule has 1 aromatic rings. The first-order valence-electron chi connectivity index (χ1n) is 12.9. The quantitative estimate of drug-likeness (QED) is 0.441. The van der Waals surface area contributed by atoms with Crippen LogP contribution in [-0.4, -0.2) is 78.3 Å². The average Bonchev–Trinajstić information content (AvgIpc) is 3.38. The van der Waals surface area contributed by atoms with Crippen molar-refractivity contribution >= 4 is 18.1 Å². The molecule has 3 aliphatic carbocycles. The molecule has 0 bridgehead atoms. The van der Waals surface area contributed by atoms with Crippen LogP contribution in [0.15, 0.2) is 23.8 Å². The Labute approximate surface area is 210 Å². The summed E-state index contributed by atoms with van der Waals surface area (Å²) in [5.41, 5.74) is 1.31. The zero-order valence-electron chi connectivity index (χ0n) is 20.5. The minimum absolute atomic E-state index is 0.0320. The number of rotatable bonds is 9. The van der Waals surface area contributed by atoms with Crippen LogP contribution in [0.2, 0.25) is 0 Å². The number of nitrogens with one attached hydrogen (secondary N) is 1. The predicted octanol–water partition coefficient (Wildman–Crippen LogP) is 1.56. The molecule has 9 heteroatoms. The Kier molecular flexibility index (Phi) is 7.03. The van der Waals surface area contributed by atoms with Crippen LogP contribution in [0.5, 0.6) is 11.5 Å². The van der Waals surface area contributed by atoms with E-state index >= 15 is 0 Å². The number of ether oxygens (including phenoxy) is 2. The molecule has 5 rings (SSSR count). The highest BCUT2D eigenvalue weighted by molar-refractivity contribution is 5.96. The van der Waals surface area contributed by atoms with Crippen molar-refractivity contribution in [1.82, 2.24) is 10.2 Å². The Morgan fingerprint density at radius 1 is 1.22 bits per heavy atom. The van der Waals surface area contributed by atoms with Crippen LogP contribution in [0, 0.1) is 11.8 Å². The number of fused-ring (bicyclic) bond motifs is 3. The third kappa shape index (κ3) is 4.50. The molecule has 9 nitrogen and oxygen atoms in total. The second-order valence-corrected chi connectivity index (χ2v) is 10.3. The van der Waals surface area contributed by atoms with Crippen molar-refractivity contribution in [2.24, 2.45) is 11.8 Å². The summed E-state index contributed by atoms with van der Waals surface area (Å²) in [7, 11) is 1.47. The van der Waals surface area contributed by atoms with Crippen LogP contribution in [0.1, 0.15) is 60.4 Å².